The predicted molar refractivity (Wildman–Crippen MR) is 94.4 cm³/mol. The van der Waals surface area contributed by atoms with Crippen LogP contribution in [0.4, 0.5) is 10.5 Å². The number of methoxy groups -OCH3 is 1. The van der Waals surface area contributed by atoms with Crippen LogP contribution in [0.5, 0.6) is 5.75 Å². The van der Waals surface area contributed by atoms with Gasteiger partial charge in [0.05, 0.1) is 20.2 Å². The lowest BCUT2D eigenvalue weighted by Gasteiger charge is -2.13. The minimum Gasteiger partial charge on any atom is -0.497 e. The molecule has 25 heavy (non-hydrogen) atoms. The summed E-state index contributed by atoms with van der Waals surface area (Å²) in [5.41, 5.74) is 1.19. The SMILES string of the molecule is COc1cccc(C(=O)NCC2CN(c3ccc(Cl)cc3)C(=O)O2)c1. The number of ether oxygens (including phenoxy) is 2. The van der Waals surface area contributed by atoms with E-state index in [4.69, 9.17) is 21.1 Å². The van der Waals surface area contributed by atoms with Crippen molar-refractivity contribution in [3.05, 3.63) is 59.1 Å². The van der Waals surface area contributed by atoms with Crippen LogP contribution in [-0.2, 0) is 4.74 Å². The summed E-state index contributed by atoms with van der Waals surface area (Å²) in [6.07, 6.45) is -0.860. The van der Waals surface area contributed by atoms with E-state index in [1.54, 1.807) is 55.6 Å². The Hall–Kier alpha value is -2.73. The van der Waals surface area contributed by atoms with E-state index in [2.05, 4.69) is 5.32 Å². The van der Waals surface area contributed by atoms with Crippen molar-refractivity contribution < 1.29 is 19.1 Å². The van der Waals surface area contributed by atoms with Gasteiger partial charge in [-0.1, -0.05) is 17.7 Å². The second-order valence-electron chi connectivity index (χ2n) is 5.53. The molecule has 0 aliphatic carbocycles. The summed E-state index contributed by atoms with van der Waals surface area (Å²) >= 11 is 5.86. The molecule has 3 rings (SSSR count). The number of hydrogen-bond acceptors (Lipinski definition) is 4. The molecule has 0 radical (unpaired) electrons. The standard InChI is InChI=1S/C18H17ClN2O4/c1-24-15-4-2-3-12(9-15)17(22)20-10-16-11-21(18(23)25-16)14-7-5-13(19)6-8-14/h2-9,16H,10-11H2,1H3,(H,20,22). The topological polar surface area (TPSA) is 67.9 Å². The molecular weight excluding hydrogens is 344 g/mol. The fraction of sp³-hybridized carbons (Fsp3) is 0.222. The molecule has 2 aromatic carbocycles. The van der Waals surface area contributed by atoms with Gasteiger partial charge in [0.1, 0.15) is 11.9 Å². The third kappa shape index (κ3) is 4.03. The molecule has 1 fully saturated rings. The zero-order valence-electron chi connectivity index (χ0n) is 13.6. The zero-order valence-corrected chi connectivity index (χ0v) is 14.3. The van der Waals surface area contributed by atoms with Crippen molar-refractivity contribution in [2.45, 2.75) is 6.10 Å². The van der Waals surface area contributed by atoms with Gasteiger partial charge < -0.3 is 14.8 Å². The van der Waals surface area contributed by atoms with E-state index in [9.17, 15) is 9.59 Å². The second kappa shape index (κ2) is 7.44. The number of nitrogens with one attached hydrogen (secondary N) is 1. The smallest absolute Gasteiger partial charge is 0.414 e. The highest BCUT2D eigenvalue weighted by Crippen LogP contribution is 2.23. The van der Waals surface area contributed by atoms with Crippen molar-refractivity contribution in [3.63, 3.8) is 0 Å². The van der Waals surface area contributed by atoms with Crippen LogP contribution in [0.15, 0.2) is 48.5 Å². The molecule has 0 bridgehead atoms. The van der Waals surface area contributed by atoms with Crippen LogP contribution in [0, 0.1) is 0 Å². The van der Waals surface area contributed by atoms with Crippen LogP contribution in [0.1, 0.15) is 10.4 Å². The van der Waals surface area contributed by atoms with Gasteiger partial charge in [-0.3, -0.25) is 9.69 Å². The molecular formula is C18H17ClN2O4. The normalized spacial score (nSPS) is 16.5. The van der Waals surface area contributed by atoms with Crippen molar-refractivity contribution in [1.82, 2.24) is 5.32 Å². The molecule has 0 saturated carbocycles. The van der Waals surface area contributed by atoms with Crippen molar-refractivity contribution >= 4 is 29.3 Å². The first kappa shape index (κ1) is 17.1. The van der Waals surface area contributed by atoms with Gasteiger partial charge in [0.15, 0.2) is 0 Å². The average molecular weight is 361 g/mol. The summed E-state index contributed by atoms with van der Waals surface area (Å²) in [4.78, 5) is 25.7. The zero-order chi connectivity index (χ0) is 17.8. The summed E-state index contributed by atoms with van der Waals surface area (Å²) in [6, 6.07) is 13.8. The maximum absolute atomic E-state index is 12.2. The highest BCUT2D eigenvalue weighted by molar-refractivity contribution is 6.30. The highest BCUT2D eigenvalue weighted by Gasteiger charge is 2.32. The van der Waals surface area contributed by atoms with Gasteiger partial charge in [-0.05, 0) is 42.5 Å². The summed E-state index contributed by atoms with van der Waals surface area (Å²) < 4.78 is 10.4. The molecule has 1 heterocycles. The Morgan fingerprint density at radius 3 is 2.80 bits per heavy atom. The van der Waals surface area contributed by atoms with Crippen LogP contribution in [0.3, 0.4) is 0 Å². The van der Waals surface area contributed by atoms with E-state index in [0.29, 0.717) is 28.6 Å². The number of rotatable bonds is 5. The number of anilines is 1. The van der Waals surface area contributed by atoms with Crippen LogP contribution in [0.25, 0.3) is 0 Å². The lowest BCUT2D eigenvalue weighted by molar-refractivity contribution is 0.0916. The molecule has 1 saturated heterocycles. The fourth-order valence-electron chi connectivity index (χ4n) is 2.53. The number of nitrogens with zero attached hydrogens (tertiary/aromatic N) is 1. The number of carbonyl (C=O) groups is 2. The molecule has 6 nitrogen and oxygen atoms in total. The molecule has 0 aromatic heterocycles. The summed E-state index contributed by atoms with van der Waals surface area (Å²) in [6.45, 7) is 0.588. The number of halogens is 1. The highest BCUT2D eigenvalue weighted by atomic mass is 35.5. The third-order valence-corrected chi connectivity index (χ3v) is 4.09. The minimum atomic E-state index is -0.442. The van der Waals surface area contributed by atoms with Gasteiger partial charge in [0.2, 0.25) is 0 Å². The van der Waals surface area contributed by atoms with E-state index < -0.39 is 12.2 Å². The molecule has 2 aromatic rings. The Balaban J connectivity index is 1.58. The van der Waals surface area contributed by atoms with Crippen LogP contribution in [0.2, 0.25) is 5.02 Å². The lowest BCUT2D eigenvalue weighted by atomic mass is 10.2. The molecule has 130 valence electrons. The molecule has 2 amide bonds. The van der Waals surface area contributed by atoms with Gasteiger partial charge in [-0.25, -0.2) is 4.79 Å². The number of carbonyl (C=O) groups excluding carboxylic acids is 2. The van der Waals surface area contributed by atoms with Gasteiger partial charge in [-0.2, -0.15) is 0 Å². The fourth-order valence-corrected chi connectivity index (χ4v) is 2.66. The van der Waals surface area contributed by atoms with Gasteiger partial charge in [0.25, 0.3) is 5.91 Å². The first-order valence-corrected chi connectivity index (χ1v) is 8.10. The molecule has 7 heteroatoms. The van der Waals surface area contributed by atoms with Crippen LogP contribution >= 0.6 is 11.6 Å². The van der Waals surface area contributed by atoms with Crippen LogP contribution < -0.4 is 15.0 Å². The van der Waals surface area contributed by atoms with Crippen molar-refractivity contribution in [2.75, 3.05) is 25.1 Å². The number of hydrogen-bond donors (Lipinski definition) is 1. The van der Waals surface area contributed by atoms with Crippen molar-refractivity contribution in [3.8, 4) is 5.75 Å². The Bertz CT molecular complexity index is 779. The van der Waals surface area contributed by atoms with Gasteiger partial charge in [-0.15, -0.1) is 0 Å². The average Bonchev–Trinajstić information content (AvgIpc) is 3.01. The molecule has 1 N–H and O–H groups in total. The second-order valence-corrected chi connectivity index (χ2v) is 5.97. The maximum Gasteiger partial charge on any atom is 0.414 e. The Morgan fingerprint density at radius 2 is 2.08 bits per heavy atom. The predicted octanol–water partition coefficient (Wildman–Crippen LogP) is 3.10. The number of amides is 2. The maximum atomic E-state index is 12.2. The number of benzene rings is 2. The molecule has 1 aliphatic rings. The number of cyclic esters (lactones) is 1. The van der Waals surface area contributed by atoms with E-state index in [1.807, 2.05) is 0 Å². The van der Waals surface area contributed by atoms with Gasteiger partial charge in [0, 0.05) is 16.3 Å². The van der Waals surface area contributed by atoms with E-state index in [1.165, 1.54) is 4.90 Å². The minimum absolute atomic E-state index is 0.228. The first-order valence-electron chi connectivity index (χ1n) is 7.73. The Labute approximate surface area is 150 Å². The van der Waals surface area contributed by atoms with Gasteiger partial charge >= 0.3 is 6.09 Å². The Kier molecular flexibility index (Phi) is 5.09. The first-order chi connectivity index (χ1) is 12.1. The van der Waals surface area contributed by atoms with Crippen molar-refractivity contribution in [1.29, 1.82) is 0 Å². The van der Waals surface area contributed by atoms with Crippen LogP contribution in [-0.4, -0.2) is 38.3 Å². The molecule has 1 aliphatic heterocycles. The van der Waals surface area contributed by atoms with E-state index in [-0.39, 0.29) is 12.5 Å². The molecule has 1 unspecified atom stereocenters. The van der Waals surface area contributed by atoms with E-state index in [0.717, 1.165) is 0 Å². The quantitative estimate of drug-likeness (QED) is 0.889. The monoisotopic (exact) mass is 360 g/mol. The van der Waals surface area contributed by atoms with Crippen molar-refractivity contribution in [2.24, 2.45) is 0 Å². The van der Waals surface area contributed by atoms with E-state index >= 15 is 0 Å². The molecule has 0 spiro atoms. The lowest BCUT2D eigenvalue weighted by Crippen LogP contribution is -2.34. The largest absolute Gasteiger partial charge is 0.497 e. The summed E-state index contributed by atoms with van der Waals surface area (Å²) in [7, 11) is 1.54. The summed E-state index contributed by atoms with van der Waals surface area (Å²) in [5, 5.41) is 3.37. The third-order valence-electron chi connectivity index (χ3n) is 3.83. The molecule has 1 atom stereocenters. The Morgan fingerprint density at radius 1 is 1.32 bits per heavy atom. The summed E-state index contributed by atoms with van der Waals surface area (Å²) in [5.74, 6) is 0.355.